The fourth-order valence-electron chi connectivity index (χ4n) is 4.69. The van der Waals surface area contributed by atoms with Crippen molar-refractivity contribution in [3.8, 4) is 0 Å². The van der Waals surface area contributed by atoms with Crippen molar-refractivity contribution in [1.82, 2.24) is 5.32 Å². The molecule has 0 aromatic heterocycles. The summed E-state index contributed by atoms with van der Waals surface area (Å²) < 4.78 is 0. The Bertz CT molecular complexity index is 295. The monoisotopic (exact) mass is 253 g/mol. The van der Waals surface area contributed by atoms with Crippen molar-refractivity contribution in [2.45, 2.75) is 72.4 Å². The molecule has 0 saturated heterocycles. The lowest BCUT2D eigenvalue weighted by Crippen LogP contribution is -2.52. The van der Waals surface area contributed by atoms with Gasteiger partial charge in [0.25, 0.3) is 0 Å². The molecule has 0 amide bonds. The van der Waals surface area contributed by atoms with Crippen LogP contribution >= 0.6 is 0 Å². The van der Waals surface area contributed by atoms with Crippen LogP contribution < -0.4 is 5.32 Å². The first-order chi connectivity index (χ1) is 8.25. The third-order valence-corrected chi connectivity index (χ3v) is 5.57. The highest BCUT2D eigenvalue weighted by Crippen LogP contribution is 2.62. The molecule has 0 radical (unpaired) electrons. The zero-order chi connectivity index (χ0) is 13.6. The van der Waals surface area contributed by atoms with Crippen LogP contribution in [0.5, 0.6) is 0 Å². The Balaban J connectivity index is 1.93. The lowest BCUT2D eigenvalue weighted by Gasteiger charge is -2.43. The summed E-state index contributed by atoms with van der Waals surface area (Å²) in [6.45, 7) is 12.4. The van der Waals surface area contributed by atoms with E-state index in [1.165, 1.54) is 19.3 Å². The molecule has 2 unspecified atom stereocenters. The molecule has 2 fully saturated rings. The van der Waals surface area contributed by atoms with E-state index in [4.69, 9.17) is 0 Å². The first-order valence-corrected chi connectivity index (χ1v) is 7.67. The molecule has 0 spiro atoms. The standard InChI is InChI=1S/C16H31NO/c1-11(2)8-13(18)10-17-14-15(3,4)12-6-7-16(14,5)9-12/h11-14,17-18H,6-10H2,1-5H3/t12-,13?,14?,16+/m0/s1. The largest absolute Gasteiger partial charge is 0.392 e. The van der Waals surface area contributed by atoms with Gasteiger partial charge in [-0.2, -0.15) is 0 Å². The van der Waals surface area contributed by atoms with Gasteiger partial charge in [0.15, 0.2) is 0 Å². The molecule has 2 N–H and O–H groups in total. The molecule has 2 aliphatic rings. The molecule has 2 bridgehead atoms. The summed E-state index contributed by atoms with van der Waals surface area (Å²) in [6, 6.07) is 0.575. The highest BCUT2D eigenvalue weighted by Gasteiger charge is 2.58. The quantitative estimate of drug-likeness (QED) is 0.788. The topological polar surface area (TPSA) is 32.3 Å². The van der Waals surface area contributed by atoms with Crippen molar-refractivity contribution in [3.63, 3.8) is 0 Å². The van der Waals surface area contributed by atoms with Crippen LogP contribution in [0.15, 0.2) is 0 Å². The Morgan fingerprint density at radius 2 is 1.94 bits per heavy atom. The molecule has 4 atom stereocenters. The highest BCUT2D eigenvalue weighted by atomic mass is 16.3. The van der Waals surface area contributed by atoms with Gasteiger partial charge in [-0.15, -0.1) is 0 Å². The Morgan fingerprint density at radius 3 is 2.44 bits per heavy atom. The van der Waals surface area contributed by atoms with Gasteiger partial charge in [-0.25, -0.2) is 0 Å². The minimum absolute atomic E-state index is 0.191. The Labute approximate surface area is 113 Å². The summed E-state index contributed by atoms with van der Waals surface area (Å²) in [5, 5.41) is 13.7. The van der Waals surface area contributed by atoms with Gasteiger partial charge < -0.3 is 10.4 Å². The van der Waals surface area contributed by atoms with Crippen LogP contribution in [-0.2, 0) is 0 Å². The van der Waals surface area contributed by atoms with E-state index in [1.54, 1.807) is 0 Å². The van der Waals surface area contributed by atoms with Gasteiger partial charge in [0.1, 0.15) is 0 Å². The maximum Gasteiger partial charge on any atom is 0.0667 e. The van der Waals surface area contributed by atoms with Gasteiger partial charge in [-0.1, -0.05) is 34.6 Å². The van der Waals surface area contributed by atoms with Crippen molar-refractivity contribution >= 4 is 0 Å². The molecule has 0 aromatic carbocycles. The van der Waals surface area contributed by atoms with Crippen molar-refractivity contribution in [2.75, 3.05) is 6.54 Å². The first kappa shape index (κ1) is 14.3. The van der Waals surface area contributed by atoms with Crippen LogP contribution in [-0.4, -0.2) is 23.8 Å². The highest BCUT2D eigenvalue weighted by molar-refractivity contribution is 5.12. The number of aliphatic hydroxyl groups is 1. The lowest BCUT2D eigenvalue weighted by atomic mass is 9.68. The van der Waals surface area contributed by atoms with E-state index in [9.17, 15) is 5.11 Å². The van der Waals surface area contributed by atoms with Gasteiger partial charge in [0, 0.05) is 12.6 Å². The van der Waals surface area contributed by atoms with Gasteiger partial charge >= 0.3 is 0 Å². The second-order valence-corrected chi connectivity index (χ2v) is 8.04. The zero-order valence-corrected chi connectivity index (χ0v) is 12.8. The van der Waals surface area contributed by atoms with Crippen LogP contribution in [0.2, 0.25) is 0 Å². The van der Waals surface area contributed by atoms with E-state index in [-0.39, 0.29) is 6.10 Å². The van der Waals surface area contributed by atoms with E-state index in [2.05, 4.69) is 39.9 Å². The van der Waals surface area contributed by atoms with Crippen LogP contribution in [0.1, 0.15) is 60.3 Å². The average molecular weight is 253 g/mol. The van der Waals surface area contributed by atoms with E-state index < -0.39 is 0 Å². The van der Waals surface area contributed by atoms with Crippen LogP contribution in [0, 0.1) is 22.7 Å². The molecule has 0 aliphatic heterocycles. The lowest BCUT2D eigenvalue weighted by molar-refractivity contribution is 0.0819. The molecular formula is C16H31NO. The van der Waals surface area contributed by atoms with Crippen LogP contribution in [0.4, 0.5) is 0 Å². The van der Waals surface area contributed by atoms with E-state index in [0.29, 0.717) is 22.8 Å². The Kier molecular flexibility index (Phi) is 3.81. The van der Waals surface area contributed by atoms with E-state index in [1.807, 2.05) is 0 Å². The Morgan fingerprint density at radius 1 is 1.28 bits per heavy atom. The normalized spacial score (nSPS) is 39.5. The second kappa shape index (κ2) is 4.79. The van der Waals surface area contributed by atoms with Crippen molar-refractivity contribution in [2.24, 2.45) is 22.7 Å². The molecule has 18 heavy (non-hydrogen) atoms. The van der Waals surface area contributed by atoms with Gasteiger partial charge in [-0.05, 0) is 48.3 Å². The third-order valence-electron chi connectivity index (χ3n) is 5.57. The fraction of sp³-hybridized carbons (Fsp3) is 1.00. The Hall–Kier alpha value is -0.0800. The van der Waals surface area contributed by atoms with Crippen molar-refractivity contribution in [3.05, 3.63) is 0 Å². The van der Waals surface area contributed by atoms with Gasteiger partial charge in [0.05, 0.1) is 6.10 Å². The molecule has 2 heteroatoms. The molecule has 0 heterocycles. The van der Waals surface area contributed by atoms with Crippen molar-refractivity contribution < 1.29 is 5.11 Å². The predicted octanol–water partition coefficient (Wildman–Crippen LogP) is 3.20. The molecule has 2 saturated carbocycles. The van der Waals surface area contributed by atoms with Crippen LogP contribution in [0.3, 0.4) is 0 Å². The fourth-order valence-corrected chi connectivity index (χ4v) is 4.69. The summed E-state index contributed by atoms with van der Waals surface area (Å²) >= 11 is 0. The summed E-state index contributed by atoms with van der Waals surface area (Å²) in [5.74, 6) is 1.45. The third kappa shape index (κ3) is 2.46. The average Bonchev–Trinajstić information content (AvgIpc) is 2.67. The smallest absolute Gasteiger partial charge is 0.0667 e. The van der Waals surface area contributed by atoms with Gasteiger partial charge in [0.2, 0.25) is 0 Å². The minimum Gasteiger partial charge on any atom is -0.392 e. The number of aliphatic hydroxyl groups excluding tert-OH is 1. The summed E-state index contributed by atoms with van der Waals surface area (Å²) in [7, 11) is 0. The number of rotatable bonds is 5. The molecule has 2 aliphatic carbocycles. The summed E-state index contributed by atoms with van der Waals surface area (Å²) in [6.07, 6.45) is 4.84. The van der Waals surface area contributed by atoms with Crippen LogP contribution in [0.25, 0.3) is 0 Å². The SMILES string of the molecule is CC(C)CC(O)CNC1C(C)(C)[C@H]2CC[C@]1(C)C2. The summed E-state index contributed by atoms with van der Waals surface area (Å²) in [5.41, 5.74) is 0.857. The predicted molar refractivity (Wildman–Crippen MR) is 76.5 cm³/mol. The van der Waals surface area contributed by atoms with Gasteiger partial charge in [-0.3, -0.25) is 0 Å². The zero-order valence-electron chi connectivity index (χ0n) is 12.8. The number of hydrogen-bond acceptors (Lipinski definition) is 2. The molecule has 2 nitrogen and oxygen atoms in total. The molecular weight excluding hydrogens is 222 g/mol. The van der Waals surface area contributed by atoms with Crippen molar-refractivity contribution in [1.29, 1.82) is 0 Å². The molecule has 0 aromatic rings. The van der Waals surface area contributed by atoms with E-state index >= 15 is 0 Å². The summed E-state index contributed by atoms with van der Waals surface area (Å²) in [4.78, 5) is 0. The number of hydrogen-bond donors (Lipinski definition) is 2. The number of nitrogens with one attached hydrogen (secondary N) is 1. The number of fused-ring (bicyclic) bond motifs is 2. The van der Waals surface area contributed by atoms with E-state index in [0.717, 1.165) is 18.9 Å². The molecule has 106 valence electrons. The molecule has 2 rings (SSSR count). The minimum atomic E-state index is -0.191. The maximum atomic E-state index is 10.0. The maximum absolute atomic E-state index is 10.0. The first-order valence-electron chi connectivity index (χ1n) is 7.67. The second-order valence-electron chi connectivity index (χ2n) is 8.04.